The van der Waals surface area contributed by atoms with Crippen molar-refractivity contribution in [2.45, 2.75) is 32.6 Å². The first-order chi connectivity index (χ1) is 15.6. The molecule has 0 aliphatic carbocycles. The molecule has 0 N–H and O–H groups in total. The summed E-state index contributed by atoms with van der Waals surface area (Å²) in [5.74, 6) is 1.49. The highest BCUT2D eigenvalue weighted by Gasteiger charge is 2.25. The van der Waals surface area contributed by atoms with Crippen LogP contribution in [0.3, 0.4) is 0 Å². The minimum absolute atomic E-state index is 0.167. The third-order valence-electron chi connectivity index (χ3n) is 5.88. The predicted molar refractivity (Wildman–Crippen MR) is 120 cm³/mol. The monoisotopic (exact) mass is 426 g/mol. The second kappa shape index (κ2) is 7.45. The molecule has 0 unspecified atom stereocenters. The van der Waals surface area contributed by atoms with Crippen molar-refractivity contribution in [1.82, 2.24) is 29.5 Å². The van der Waals surface area contributed by atoms with Crippen LogP contribution in [0.2, 0.25) is 0 Å². The summed E-state index contributed by atoms with van der Waals surface area (Å²) < 4.78 is 7.55. The Labute approximate surface area is 184 Å². The number of anilines is 1. The molecule has 1 fully saturated rings. The molecular weight excluding hydrogens is 404 g/mol. The molecule has 32 heavy (non-hydrogen) atoms. The van der Waals surface area contributed by atoms with Gasteiger partial charge in [-0.25, -0.2) is 19.5 Å². The molecule has 0 bridgehead atoms. The zero-order valence-electron chi connectivity index (χ0n) is 17.9. The molecule has 3 aromatic heterocycles. The van der Waals surface area contributed by atoms with Gasteiger partial charge in [0, 0.05) is 42.7 Å². The van der Waals surface area contributed by atoms with E-state index in [1.54, 1.807) is 10.8 Å². The number of benzene rings is 1. The SMILES string of the molecule is C[C@@H]1CN(c2cc(C3=NCc4ccc(-c5cnc6ncnn6c5)cc43)ncn2)C[C@H](C)O1. The van der Waals surface area contributed by atoms with Crippen molar-refractivity contribution in [3.63, 3.8) is 0 Å². The molecule has 4 aromatic rings. The van der Waals surface area contributed by atoms with E-state index in [-0.39, 0.29) is 12.2 Å². The quantitative estimate of drug-likeness (QED) is 0.497. The summed E-state index contributed by atoms with van der Waals surface area (Å²) in [5, 5.41) is 4.19. The number of aliphatic imine (C=N–C) groups is 1. The molecule has 5 heterocycles. The summed E-state index contributed by atoms with van der Waals surface area (Å²) >= 11 is 0. The van der Waals surface area contributed by atoms with Gasteiger partial charge in [-0.3, -0.25) is 4.99 Å². The van der Waals surface area contributed by atoms with Crippen molar-refractivity contribution in [2.24, 2.45) is 4.99 Å². The van der Waals surface area contributed by atoms with Gasteiger partial charge in [-0.15, -0.1) is 0 Å². The Kier molecular flexibility index (Phi) is 4.43. The highest BCUT2D eigenvalue weighted by atomic mass is 16.5. The molecule has 0 radical (unpaired) electrons. The maximum Gasteiger partial charge on any atom is 0.252 e. The van der Waals surface area contributed by atoms with Gasteiger partial charge in [0.2, 0.25) is 0 Å². The highest BCUT2D eigenvalue weighted by Crippen LogP contribution is 2.29. The third-order valence-corrected chi connectivity index (χ3v) is 5.88. The second-order valence-electron chi connectivity index (χ2n) is 8.31. The molecule has 2 aliphatic rings. The van der Waals surface area contributed by atoms with Gasteiger partial charge in [-0.05, 0) is 31.0 Å². The molecule has 0 spiro atoms. The summed E-state index contributed by atoms with van der Waals surface area (Å²) in [6.45, 7) is 6.46. The van der Waals surface area contributed by atoms with Gasteiger partial charge in [-0.2, -0.15) is 10.1 Å². The van der Waals surface area contributed by atoms with Crippen LogP contribution in [-0.4, -0.2) is 60.6 Å². The number of fused-ring (bicyclic) bond motifs is 2. The van der Waals surface area contributed by atoms with Crippen LogP contribution in [0.15, 0.2) is 54.3 Å². The molecule has 1 aromatic carbocycles. The van der Waals surface area contributed by atoms with Crippen LogP contribution in [0, 0.1) is 0 Å². The van der Waals surface area contributed by atoms with E-state index < -0.39 is 0 Å². The van der Waals surface area contributed by atoms with Crippen LogP contribution in [0.1, 0.15) is 30.7 Å². The Morgan fingerprint density at radius 2 is 1.81 bits per heavy atom. The van der Waals surface area contributed by atoms with E-state index in [1.165, 1.54) is 11.9 Å². The zero-order valence-corrected chi connectivity index (χ0v) is 17.9. The van der Waals surface area contributed by atoms with E-state index >= 15 is 0 Å². The summed E-state index contributed by atoms with van der Waals surface area (Å²) in [6, 6.07) is 8.41. The van der Waals surface area contributed by atoms with Crippen LogP contribution in [0.5, 0.6) is 0 Å². The van der Waals surface area contributed by atoms with Gasteiger partial charge in [0.1, 0.15) is 18.5 Å². The van der Waals surface area contributed by atoms with Gasteiger partial charge in [-0.1, -0.05) is 12.1 Å². The smallest absolute Gasteiger partial charge is 0.252 e. The Hall–Kier alpha value is -3.72. The molecule has 2 atom stereocenters. The number of ether oxygens (including phenoxy) is 1. The van der Waals surface area contributed by atoms with E-state index in [0.717, 1.165) is 47.0 Å². The summed E-state index contributed by atoms with van der Waals surface area (Å²) in [6.07, 6.45) is 7.22. The van der Waals surface area contributed by atoms with Crippen molar-refractivity contribution in [1.29, 1.82) is 0 Å². The first kappa shape index (κ1) is 19.0. The number of hydrogen-bond acceptors (Lipinski definition) is 8. The van der Waals surface area contributed by atoms with Crippen molar-refractivity contribution >= 4 is 17.3 Å². The Morgan fingerprint density at radius 3 is 2.69 bits per heavy atom. The van der Waals surface area contributed by atoms with Crippen LogP contribution < -0.4 is 4.90 Å². The van der Waals surface area contributed by atoms with Gasteiger partial charge < -0.3 is 9.64 Å². The van der Waals surface area contributed by atoms with Gasteiger partial charge in [0.25, 0.3) is 5.78 Å². The average Bonchev–Trinajstić information content (AvgIpc) is 3.44. The van der Waals surface area contributed by atoms with Crippen LogP contribution in [-0.2, 0) is 11.3 Å². The third kappa shape index (κ3) is 3.31. The van der Waals surface area contributed by atoms with Crippen molar-refractivity contribution in [2.75, 3.05) is 18.0 Å². The number of nitrogens with zero attached hydrogens (tertiary/aromatic N) is 8. The maximum absolute atomic E-state index is 5.87. The molecule has 9 nitrogen and oxygen atoms in total. The lowest BCUT2D eigenvalue weighted by Crippen LogP contribution is -2.45. The van der Waals surface area contributed by atoms with E-state index in [4.69, 9.17) is 9.73 Å². The Balaban J connectivity index is 1.34. The molecule has 9 heteroatoms. The number of hydrogen-bond donors (Lipinski definition) is 0. The van der Waals surface area contributed by atoms with Crippen molar-refractivity contribution < 1.29 is 4.74 Å². The fourth-order valence-electron chi connectivity index (χ4n) is 4.47. The van der Waals surface area contributed by atoms with Crippen LogP contribution >= 0.6 is 0 Å². The maximum atomic E-state index is 5.87. The Bertz CT molecular complexity index is 1340. The lowest BCUT2D eigenvalue weighted by atomic mass is 9.98. The van der Waals surface area contributed by atoms with Gasteiger partial charge in [0.15, 0.2) is 0 Å². The zero-order chi connectivity index (χ0) is 21.7. The fourth-order valence-corrected chi connectivity index (χ4v) is 4.47. The molecule has 6 rings (SSSR count). The minimum atomic E-state index is 0.167. The van der Waals surface area contributed by atoms with E-state index in [9.17, 15) is 0 Å². The largest absolute Gasteiger partial charge is 0.372 e. The lowest BCUT2D eigenvalue weighted by Gasteiger charge is -2.36. The van der Waals surface area contributed by atoms with E-state index in [1.807, 2.05) is 18.5 Å². The van der Waals surface area contributed by atoms with E-state index in [2.05, 4.69) is 62.0 Å². The minimum Gasteiger partial charge on any atom is -0.372 e. The molecule has 160 valence electrons. The Morgan fingerprint density at radius 1 is 0.938 bits per heavy atom. The molecule has 0 saturated carbocycles. The number of morpholine rings is 1. The standard InChI is InChI=1S/C23H22N8O/c1-14-9-30(10-15(2)32-14)21-6-20(26-12-27-21)22-19-5-16(3-4-17(19)7-24-22)18-8-25-23-28-13-29-31(23)11-18/h3-6,8,11-15H,7,9-10H2,1-2H3/t14-,15+. The molecule has 0 amide bonds. The fraction of sp³-hybridized carbons (Fsp3) is 0.304. The summed E-state index contributed by atoms with van der Waals surface area (Å²) in [5.41, 5.74) is 6.03. The molecule has 2 aliphatic heterocycles. The summed E-state index contributed by atoms with van der Waals surface area (Å²) in [7, 11) is 0. The van der Waals surface area contributed by atoms with Crippen LogP contribution in [0.25, 0.3) is 16.9 Å². The van der Waals surface area contributed by atoms with E-state index in [0.29, 0.717) is 12.3 Å². The predicted octanol–water partition coefficient (Wildman–Crippen LogP) is 2.55. The lowest BCUT2D eigenvalue weighted by molar-refractivity contribution is -0.00546. The molecular formula is C23H22N8O. The average molecular weight is 426 g/mol. The first-order valence-corrected chi connectivity index (χ1v) is 10.7. The highest BCUT2D eigenvalue weighted by molar-refractivity contribution is 6.14. The number of rotatable bonds is 3. The van der Waals surface area contributed by atoms with Gasteiger partial charge >= 0.3 is 0 Å². The second-order valence-corrected chi connectivity index (χ2v) is 8.31. The van der Waals surface area contributed by atoms with Crippen LogP contribution in [0.4, 0.5) is 5.82 Å². The van der Waals surface area contributed by atoms with Crippen molar-refractivity contribution in [3.8, 4) is 11.1 Å². The first-order valence-electron chi connectivity index (χ1n) is 10.7. The molecule has 1 saturated heterocycles. The van der Waals surface area contributed by atoms with Gasteiger partial charge in [0.05, 0.1) is 30.2 Å². The topological polar surface area (TPSA) is 93.7 Å². The summed E-state index contributed by atoms with van der Waals surface area (Å²) in [4.78, 5) is 24.7. The number of aromatic nitrogens is 6. The van der Waals surface area contributed by atoms with Crippen molar-refractivity contribution in [3.05, 3.63) is 66.1 Å². The normalized spacial score (nSPS) is 20.4.